The Kier molecular flexibility index (Phi) is 6.62. The molecule has 132 valence electrons. The highest BCUT2D eigenvalue weighted by Gasteiger charge is 2.24. The molecule has 1 heterocycles. The van der Waals surface area contributed by atoms with Crippen molar-refractivity contribution in [1.82, 2.24) is 10.2 Å². The van der Waals surface area contributed by atoms with Crippen LogP contribution in [-0.4, -0.2) is 56.1 Å². The maximum absolute atomic E-state index is 13.1. The molecule has 2 rings (SSSR count). The lowest BCUT2D eigenvalue weighted by Crippen LogP contribution is -2.50. The summed E-state index contributed by atoms with van der Waals surface area (Å²) in [6, 6.07) is 2.78. The number of piperidine rings is 1. The number of benzene rings is 1. The number of ether oxygens (including phenoxy) is 1. The van der Waals surface area contributed by atoms with E-state index in [0.29, 0.717) is 13.2 Å². The number of carbonyl (C=O) groups is 2. The zero-order valence-corrected chi connectivity index (χ0v) is 13.5. The zero-order valence-electron chi connectivity index (χ0n) is 13.5. The molecule has 6 nitrogen and oxygen atoms in total. The molecule has 24 heavy (non-hydrogen) atoms. The molecule has 1 saturated heterocycles. The maximum atomic E-state index is 13.1. The third kappa shape index (κ3) is 5.24. The number of nitrogens with one attached hydrogen (secondary N) is 2. The van der Waals surface area contributed by atoms with Crippen LogP contribution in [0.2, 0.25) is 0 Å². The van der Waals surface area contributed by atoms with E-state index in [-0.39, 0.29) is 11.7 Å². The van der Waals surface area contributed by atoms with Crippen LogP contribution in [0.25, 0.3) is 0 Å². The van der Waals surface area contributed by atoms with E-state index in [0.717, 1.165) is 38.1 Å². The van der Waals surface area contributed by atoms with Crippen LogP contribution in [0.1, 0.15) is 12.8 Å². The summed E-state index contributed by atoms with van der Waals surface area (Å²) in [5, 5.41) is 4.92. The molecule has 8 heteroatoms. The Hall–Kier alpha value is -2.06. The Morgan fingerprint density at radius 3 is 2.79 bits per heavy atom. The number of hydrogen-bond donors (Lipinski definition) is 2. The van der Waals surface area contributed by atoms with Crippen molar-refractivity contribution in [3.8, 4) is 0 Å². The molecule has 0 bridgehead atoms. The predicted molar refractivity (Wildman–Crippen MR) is 84.5 cm³/mol. The first kappa shape index (κ1) is 18.3. The summed E-state index contributed by atoms with van der Waals surface area (Å²) in [4.78, 5) is 26.0. The van der Waals surface area contributed by atoms with Gasteiger partial charge < -0.3 is 15.4 Å². The lowest BCUT2D eigenvalue weighted by atomic mass is 10.1. The maximum Gasteiger partial charge on any atom is 0.313 e. The van der Waals surface area contributed by atoms with Gasteiger partial charge in [-0.15, -0.1) is 0 Å². The summed E-state index contributed by atoms with van der Waals surface area (Å²) >= 11 is 0. The van der Waals surface area contributed by atoms with E-state index >= 15 is 0 Å². The predicted octanol–water partition coefficient (Wildman–Crippen LogP) is 1.13. The van der Waals surface area contributed by atoms with Crippen molar-refractivity contribution < 1.29 is 23.1 Å². The number of rotatable bonds is 5. The second-order valence-corrected chi connectivity index (χ2v) is 5.69. The number of anilines is 1. The highest BCUT2D eigenvalue weighted by Crippen LogP contribution is 2.13. The van der Waals surface area contributed by atoms with Crippen LogP contribution in [-0.2, 0) is 14.3 Å². The van der Waals surface area contributed by atoms with Gasteiger partial charge in [0, 0.05) is 38.0 Å². The number of methoxy groups -OCH3 is 1. The Balaban J connectivity index is 1.84. The average Bonchev–Trinajstić information content (AvgIpc) is 2.56. The van der Waals surface area contributed by atoms with Crippen LogP contribution in [0.15, 0.2) is 18.2 Å². The normalized spacial score (nSPS) is 18.2. The molecule has 1 aromatic rings. The number of amides is 2. The molecule has 0 saturated carbocycles. The Morgan fingerprint density at radius 1 is 1.29 bits per heavy atom. The van der Waals surface area contributed by atoms with E-state index in [1.807, 2.05) is 0 Å². The molecule has 1 atom stereocenters. The molecular formula is C16H21F2N3O3. The Bertz CT molecular complexity index is 598. The molecule has 1 aromatic carbocycles. The van der Waals surface area contributed by atoms with Crippen LogP contribution in [0.5, 0.6) is 0 Å². The Labute approximate surface area is 139 Å². The molecule has 0 spiro atoms. The van der Waals surface area contributed by atoms with Crippen molar-refractivity contribution in [3.63, 3.8) is 0 Å². The number of hydrogen-bond acceptors (Lipinski definition) is 4. The second-order valence-electron chi connectivity index (χ2n) is 5.69. The van der Waals surface area contributed by atoms with Crippen molar-refractivity contribution in [1.29, 1.82) is 0 Å². The van der Waals surface area contributed by atoms with Gasteiger partial charge in [-0.2, -0.15) is 0 Å². The number of nitrogens with zero attached hydrogens (tertiary/aromatic N) is 1. The fourth-order valence-electron chi connectivity index (χ4n) is 2.61. The lowest BCUT2D eigenvalue weighted by Gasteiger charge is -2.32. The van der Waals surface area contributed by atoms with E-state index in [1.54, 1.807) is 7.11 Å². The molecular weight excluding hydrogens is 320 g/mol. The minimum Gasteiger partial charge on any atom is -0.383 e. The van der Waals surface area contributed by atoms with E-state index in [2.05, 4.69) is 15.5 Å². The molecule has 0 aromatic heterocycles. The fourth-order valence-corrected chi connectivity index (χ4v) is 2.61. The topological polar surface area (TPSA) is 70.7 Å². The van der Waals surface area contributed by atoms with Crippen molar-refractivity contribution in [3.05, 3.63) is 29.8 Å². The van der Waals surface area contributed by atoms with Crippen LogP contribution in [0.4, 0.5) is 14.5 Å². The van der Waals surface area contributed by atoms with Gasteiger partial charge in [-0.05, 0) is 31.5 Å². The van der Waals surface area contributed by atoms with Gasteiger partial charge in [0.1, 0.15) is 0 Å². The molecule has 1 aliphatic heterocycles. The highest BCUT2D eigenvalue weighted by molar-refractivity contribution is 6.39. The first-order valence-corrected chi connectivity index (χ1v) is 7.78. The van der Waals surface area contributed by atoms with Crippen LogP contribution in [0.3, 0.4) is 0 Å². The molecule has 0 aliphatic carbocycles. The summed E-state index contributed by atoms with van der Waals surface area (Å²) in [7, 11) is 1.63. The minimum absolute atomic E-state index is 0.0272. The van der Waals surface area contributed by atoms with Crippen LogP contribution < -0.4 is 10.6 Å². The fraction of sp³-hybridized carbons (Fsp3) is 0.500. The monoisotopic (exact) mass is 341 g/mol. The molecule has 1 fully saturated rings. The quantitative estimate of drug-likeness (QED) is 0.788. The van der Waals surface area contributed by atoms with Gasteiger partial charge in [0.15, 0.2) is 11.6 Å². The summed E-state index contributed by atoms with van der Waals surface area (Å²) in [6.07, 6.45) is 1.70. The van der Waals surface area contributed by atoms with E-state index in [9.17, 15) is 18.4 Å². The average molecular weight is 341 g/mol. The van der Waals surface area contributed by atoms with Gasteiger partial charge in [0.2, 0.25) is 0 Å². The zero-order chi connectivity index (χ0) is 17.5. The third-order valence-corrected chi connectivity index (χ3v) is 3.84. The Morgan fingerprint density at radius 2 is 2.08 bits per heavy atom. The number of halogens is 2. The number of likely N-dealkylation sites (tertiary alicyclic amines) is 1. The van der Waals surface area contributed by atoms with Crippen LogP contribution in [0, 0.1) is 11.6 Å². The largest absolute Gasteiger partial charge is 0.383 e. The van der Waals surface area contributed by atoms with Crippen molar-refractivity contribution in [2.75, 3.05) is 38.7 Å². The standard InChI is InChI=1S/C16H21F2N3O3/c1-24-8-7-21-6-2-3-12(10-21)20-16(23)15(22)19-11-4-5-13(17)14(18)9-11/h4-5,9,12H,2-3,6-8,10H2,1H3,(H,19,22)(H,20,23)/t12-/m1/s1. The van der Waals surface area contributed by atoms with Gasteiger partial charge >= 0.3 is 11.8 Å². The summed E-state index contributed by atoms with van der Waals surface area (Å²) < 4.78 is 31.0. The number of carbonyl (C=O) groups excluding carboxylic acids is 2. The van der Waals surface area contributed by atoms with Gasteiger partial charge in [-0.3, -0.25) is 14.5 Å². The van der Waals surface area contributed by atoms with E-state index in [4.69, 9.17) is 4.74 Å². The van der Waals surface area contributed by atoms with Gasteiger partial charge in [-0.25, -0.2) is 8.78 Å². The highest BCUT2D eigenvalue weighted by atomic mass is 19.2. The minimum atomic E-state index is -1.09. The first-order valence-electron chi connectivity index (χ1n) is 7.78. The van der Waals surface area contributed by atoms with Gasteiger partial charge in [0.05, 0.1) is 6.61 Å². The van der Waals surface area contributed by atoms with E-state index in [1.165, 1.54) is 6.07 Å². The van der Waals surface area contributed by atoms with E-state index < -0.39 is 23.4 Å². The SMILES string of the molecule is COCCN1CCC[C@@H](NC(=O)C(=O)Nc2ccc(F)c(F)c2)C1. The summed E-state index contributed by atoms with van der Waals surface area (Å²) in [6.45, 7) is 2.95. The van der Waals surface area contributed by atoms with Crippen molar-refractivity contribution >= 4 is 17.5 Å². The summed E-state index contributed by atoms with van der Waals surface area (Å²) in [5.74, 6) is -3.81. The summed E-state index contributed by atoms with van der Waals surface area (Å²) in [5.41, 5.74) is 0.0272. The molecule has 2 N–H and O–H groups in total. The van der Waals surface area contributed by atoms with Crippen LogP contribution >= 0.6 is 0 Å². The third-order valence-electron chi connectivity index (χ3n) is 3.84. The first-order chi connectivity index (χ1) is 11.5. The molecule has 2 amide bonds. The van der Waals surface area contributed by atoms with Gasteiger partial charge in [0.25, 0.3) is 0 Å². The smallest absolute Gasteiger partial charge is 0.313 e. The lowest BCUT2D eigenvalue weighted by molar-refractivity contribution is -0.136. The van der Waals surface area contributed by atoms with Gasteiger partial charge in [-0.1, -0.05) is 0 Å². The van der Waals surface area contributed by atoms with Crippen molar-refractivity contribution in [2.45, 2.75) is 18.9 Å². The van der Waals surface area contributed by atoms with Crippen molar-refractivity contribution in [2.24, 2.45) is 0 Å². The second kappa shape index (κ2) is 8.70. The molecule has 1 aliphatic rings. The molecule has 0 unspecified atom stereocenters. The molecule has 0 radical (unpaired) electrons.